The van der Waals surface area contributed by atoms with Gasteiger partial charge in [0, 0.05) is 6.04 Å². The number of hydrogen-bond acceptors (Lipinski definition) is 1. The molecule has 2 unspecified atom stereocenters. The van der Waals surface area contributed by atoms with Crippen molar-refractivity contribution in [2.45, 2.75) is 51.7 Å². The van der Waals surface area contributed by atoms with Crippen LogP contribution in [-0.4, -0.2) is 6.04 Å². The van der Waals surface area contributed by atoms with Crippen molar-refractivity contribution in [3.63, 3.8) is 0 Å². The Morgan fingerprint density at radius 3 is 2.65 bits per heavy atom. The van der Waals surface area contributed by atoms with Crippen LogP contribution in [-0.2, 0) is 12.6 Å². The van der Waals surface area contributed by atoms with Crippen LogP contribution < -0.4 is 5.73 Å². The predicted octanol–water partition coefficient (Wildman–Crippen LogP) is 4.40. The van der Waals surface area contributed by atoms with Gasteiger partial charge in [0.05, 0.1) is 5.56 Å². The highest BCUT2D eigenvalue weighted by atomic mass is 19.4. The van der Waals surface area contributed by atoms with Crippen molar-refractivity contribution in [2.24, 2.45) is 17.1 Å². The van der Waals surface area contributed by atoms with Crippen LogP contribution in [0.25, 0.3) is 0 Å². The van der Waals surface area contributed by atoms with Crippen molar-refractivity contribution < 1.29 is 13.2 Å². The molecule has 1 aromatic rings. The monoisotopic (exact) mass is 285 g/mol. The van der Waals surface area contributed by atoms with Crippen molar-refractivity contribution in [1.82, 2.24) is 0 Å². The van der Waals surface area contributed by atoms with E-state index in [1.54, 1.807) is 6.07 Å². The maximum Gasteiger partial charge on any atom is 0.416 e. The van der Waals surface area contributed by atoms with E-state index in [-0.39, 0.29) is 17.4 Å². The van der Waals surface area contributed by atoms with Gasteiger partial charge >= 0.3 is 6.18 Å². The molecule has 20 heavy (non-hydrogen) atoms. The van der Waals surface area contributed by atoms with Crippen LogP contribution >= 0.6 is 0 Å². The van der Waals surface area contributed by atoms with Crippen molar-refractivity contribution in [3.05, 3.63) is 35.4 Å². The van der Waals surface area contributed by atoms with Gasteiger partial charge in [-0.25, -0.2) is 0 Å². The lowest BCUT2D eigenvalue weighted by atomic mass is 9.68. The molecule has 2 atom stereocenters. The third-order valence-electron chi connectivity index (χ3n) is 4.33. The van der Waals surface area contributed by atoms with E-state index in [1.165, 1.54) is 12.1 Å². The molecule has 1 saturated carbocycles. The fraction of sp³-hybridized carbons (Fsp3) is 0.625. The summed E-state index contributed by atoms with van der Waals surface area (Å²) in [6.45, 7) is 4.41. The first-order valence-electron chi connectivity index (χ1n) is 7.09. The minimum Gasteiger partial charge on any atom is -0.327 e. The van der Waals surface area contributed by atoms with Gasteiger partial charge in [0.15, 0.2) is 0 Å². The van der Waals surface area contributed by atoms with Crippen LogP contribution in [0.4, 0.5) is 13.2 Å². The summed E-state index contributed by atoms with van der Waals surface area (Å²) < 4.78 is 38.2. The Hall–Kier alpha value is -1.03. The number of hydrogen-bond donors (Lipinski definition) is 1. The van der Waals surface area contributed by atoms with Crippen molar-refractivity contribution in [1.29, 1.82) is 0 Å². The third kappa shape index (κ3) is 3.75. The molecule has 2 N–H and O–H groups in total. The Morgan fingerprint density at radius 2 is 2.00 bits per heavy atom. The molecule has 1 aliphatic rings. The minimum absolute atomic E-state index is 0.0950. The number of nitrogens with two attached hydrogens (primary N) is 1. The van der Waals surface area contributed by atoms with E-state index in [9.17, 15) is 13.2 Å². The second kappa shape index (κ2) is 5.40. The number of alkyl halides is 3. The van der Waals surface area contributed by atoms with E-state index in [4.69, 9.17) is 5.73 Å². The Labute approximate surface area is 118 Å². The Bertz CT molecular complexity index is 465. The highest BCUT2D eigenvalue weighted by Crippen LogP contribution is 2.39. The first kappa shape index (κ1) is 15.4. The summed E-state index contributed by atoms with van der Waals surface area (Å²) in [7, 11) is 0. The molecule has 0 heterocycles. The summed E-state index contributed by atoms with van der Waals surface area (Å²) in [5.74, 6) is 0.266. The first-order valence-corrected chi connectivity index (χ1v) is 7.09. The highest BCUT2D eigenvalue weighted by Gasteiger charge is 2.34. The average molecular weight is 285 g/mol. The van der Waals surface area contributed by atoms with Gasteiger partial charge in [-0.2, -0.15) is 13.2 Å². The lowest BCUT2D eigenvalue weighted by Crippen LogP contribution is -2.40. The molecule has 1 aliphatic carbocycles. The Morgan fingerprint density at radius 1 is 1.30 bits per heavy atom. The molecule has 1 nitrogen and oxygen atoms in total. The topological polar surface area (TPSA) is 26.0 Å². The van der Waals surface area contributed by atoms with Crippen LogP contribution in [0.3, 0.4) is 0 Å². The maximum atomic E-state index is 12.7. The fourth-order valence-corrected chi connectivity index (χ4v) is 3.16. The van der Waals surface area contributed by atoms with Gasteiger partial charge in [0.1, 0.15) is 0 Å². The molecule has 0 amide bonds. The third-order valence-corrected chi connectivity index (χ3v) is 4.33. The van der Waals surface area contributed by atoms with Crippen LogP contribution in [0.1, 0.15) is 44.2 Å². The van der Waals surface area contributed by atoms with Gasteiger partial charge in [-0.3, -0.25) is 0 Å². The zero-order chi connectivity index (χ0) is 15.0. The SMILES string of the molecule is CC1(C)CCC(N)C(Cc2cccc(C(F)(F)F)c2)C1. The van der Waals surface area contributed by atoms with Crippen LogP contribution in [0, 0.1) is 11.3 Å². The van der Waals surface area contributed by atoms with Crippen molar-refractivity contribution >= 4 is 0 Å². The normalized spacial score (nSPS) is 26.5. The molecule has 2 rings (SSSR count). The standard InChI is InChI=1S/C16H22F3N/c1-15(2)7-6-14(20)12(10-15)8-11-4-3-5-13(9-11)16(17,18)19/h3-5,9,12,14H,6-8,10,20H2,1-2H3. The summed E-state index contributed by atoms with van der Waals surface area (Å²) >= 11 is 0. The molecule has 1 fully saturated rings. The Kier molecular flexibility index (Phi) is 4.14. The summed E-state index contributed by atoms with van der Waals surface area (Å²) in [6.07, 6.45) is -0.618. The molecule has 0 bridgehead atoms. The Balaban J connectivity index is 2.13. The van der Waals surface area contributed by atoms with Crippen molar-refractivity contribution in [2.75, 3.05) is 0 Å². The van der Waals surface area contributed by atoms with E-state index >= 15 is 0 Å². The van der Waals surface area contributed by atoms with Crippen LogP contribution in [0.15, 0.2) is 24.3 Å². The molecule has 0 saturated heterocycles. The van der Waals surface area contributed by atoms with Gasteiger partial charge in [-0.1, -0.05) is 32.0 Å². The lowest BCUT2D eigenvalue weighted by molar-refractivity contribution is -0.137. The van der Waals surface area contributed by atoms with E-state index in [2.05, 4.69) is 13.8 Å². The highest BCUT2D eigenvalue weighted by molar-refractivity contribution is 5.26. The molecule has 0 aliphatic heterocycles. The minimum atomic E-state index is -4.27. The first-order chi connectivity index (χ1) is 9.17. The second-order valence-corrected chi connectivity index (χ2v) is 6.73. The molecule has 4 heteroatoms. The van der Waals surface area contributed by atoms with Crippen LogP contribution in [0.2, 0.25) is 0 Å². The zero-order valence-corrected chi connectivity index (χ0v) is 12.0. The molecule has 0 aromatic heterocycles. The molecular weight excluding hydrogens is 263 g/mol. The van der Waals surface area contributed by atoms with Crippen molar-refractivity contribution in [3.8, 4) is 0 Å². The molecular formula is C16H22F3N. The van der Waals surface area contributed by atoms with E-state index in [0.717, 1.165) is 30.9 Å². The molecule has 0 radical (unpaired) electrons. The van der Waals surface area contributed by atoms with Crippen LogP contribution in [0.5, 0.6) is 0 Å². The predicted molar refractivity (Wildman–Crippen MR) is 74.2 cm³/mol. The lowest BCUT2D eigenvalue weighted by Gasteiger charge is -2.39. The van der Waals surface area contributed by atoms with Gasteiger partial charge in [-0.15, -0.1) is 0 Å². The number of rotatable bonds is 2. The summed E-state index contributed by atoms with van der Waals surface area (Å²) in [4.78, 5) is 0. The zero-order valence-electron chi connectivity index (χ0n) is 12.0. The fourth-order valence-electron chi connectivity index (χ4n) is 3.16. The second-order valence-electron chi connectivity index (χ2n) is 6.73. The quantitative estimate of drug-likeness (QED) is 0.856. The van der Waals surface area contributed by atoms with Gasteiger partial charge in [0.2, 0.25) is 0 Å². The number of halogens is 3. The molecule has 112 valence electrons. The van der Waals surface area contributed by atoms with Gasteiger partial charge in [-0.05, 0) is 48.6 Å². The summed E-state index contributed by atoms with van der Waals surface area (Å²) in [5.41, 5.74) is 6.55. The molecule has 1 aromatic carbocycles. The smallest absolute Gasteiger partial charge is 0.327 e. The van der Waals surface area contributed by atoms with Gasteiger partial charge < -0.3 is 5.73 Å². The van der Waals surface area contributed by atoms with E-state index < -0.39 is 11.7 Å². The summed E-state index contributed by atoms with van der Waals surface area (Å²) in [5, 5.41) is 0. The van der Waals surface area contributed by atoms with E-state index in [1.807, 2.05) is 0 Å². The van der Waals surface area contributed by atoms with Gasteiger partial charge in [0.25, 0.3) is 0 Å². The largest absolute Gasteiger partial charge is 0.416 e. The molecule has 0 spiro atoms. The average Bonchev–Trinajstić information content (AvgIpc) is 2.33. The summed E-state index contributed by atoms with van der Waals surface area (Å²) in [6, 6.07) is 5.72. The number of benzene rings is 1. The van der Waals surface area contributed by atoms with E-state index in [0.29, 0.717) is 6.42 Å². The maximum absolute atomic E-state index is 12.7.